The maximum Gasteiger partial charge on any atom is 0.230 e. The Hall–Kier alpha value is -2.20. The average molecular weight is 312 g/mol. The highest BCUT2D eigenvalue weighted by molar-refractivity contribution is 7.80. The number of thiocarbonyl (C=S) groups is 1. The second kappa shape index (κ2) is 7.71. The van der Waals surface area contributed by atoms with E-state index < -0.39 is 0 Å². The predicted molar refractivity (Wildman–Crippen MR) is 95.1 cm³/mol. The van der Waals surface area contributed by atoms with Crippen LogP contribution in [0.15, 0.2) is 48.5 Å². The van der Waals surface area contributed by atoms with E-state index in [1.165, 1.54) is 5.56 Å². The molecule has 0 atom stereocenters. The molecule has 0 fully saturated rings. The molecule has 0 saturated carbocycles. The zero-order chi connectivity index (χ0) is 15.9. The van der Waals surface area contributed by atoms with Crippen LogP contribution in [0, 0.1) is 6.92 Å². The fraction of sp³-hybridized carbons (Fsp3) is 0.222. The number of benzene rings is 2. The van der Waals surface area contributed by atoms with Crippen molar-refractivity contribution in [3.8, 4) is 0 Å². The second-order valence-electron chi connectivity index (χ2n) is 5.13. The standard InChI is InChI=1S/C18H20N2OS/c1-3-15-11-7-8-13(2)17(15)20-18(22)19-16(21)12-14-9-5-4-6-10-14/h4-11H,3,12H2,1-2H3,(H2,19,20,21,22). The summed E-state index contributed by atoms with van der Waals surface area (Å²) in [7, 11) is 0. The highest BCUT2D eigenvalue weighted by Gasteiger charge is 2.09. The summed E-state index contributed by atoms with van der Waals surface area (Å²) in [5.41, 5.74) is 4.24. The van der Waals surface area contributed by atoms with Gasteiger partial charge in [0.05, 0.1) is 6.42 Å². The lowest BCUT2D eigenvalue weighted by molar-refractivity contribution is -0.119. The molecule has 2 aromatic rings. The maximum atomic E-state index is 12.0. The monoisotopic (exact) mass is 312 g/mol. The third-order valence-corrected chi connectivity index (χ3v) is 3.64. The number of anilines is 1. The molecule has 0 aliphatic rings. The summed E-state index contributed by atoms with van der Waals surface area (Å²) in [6, 6.07) is 15.7. The Morgan fingerprint density at radius 2 is 1.82 bits per heavy atom. The first-order chi connectivity index (χ1) is 10.6. The van der Waals surface area contributed by atoms with Gasteiger partial charge in [0.25, 0.3) is 0 Å². The number of carbonyl (C=O) groups excluding carboxylic acids is 1. The molecule has 0 heterocycles. The Bertz CT molecular complexity index is 668. The lowest BCUT2D eigenvalue weighted by atomic mass is 10.1. The number of nitrogens with one attached hydrogen (secondary N) is 2. The van der Waals surface area contributed by atoms with Crippen molar-refractivity contribution in [3.63, 3.8) is 0 Å². The molecule has 0 spiro atoms. The Labute approximate surface area is 136 Å². The minimum Gasteiger partial charge on any atom is -0.332 e. The van der Waals surface area contributed by atoms with E-state index in [0.29, 0.717) is 11.5 Å². The van der Waals surface area contributed by atoms with Crippen molar-refractivity contribution in [2.24, 2.45) is 0 Å². The lowest BCUT2D eigenvalue weighted by Gasteiger charge is -2.15. The summed E-state index contributed by atoms with van der Waals surface area (Å²) in [6.45, 7) is 4.12. The Balaban J connectivity index is 1.97. The summed E-state index contributed by atoms with van der Waals surface area (Å²) < 4.78 is 0. The van der Waals surface area contributed by atoms with Gasteiger partial charge in [-0.3, -0.25) is 4.79 Å². The first-order valence-corrected chi connectivity index (χ1v) is 7.74. The molecule has 0 saturated heterocycles. The number of aryl methyl sites for hydroxylation is 2. The van der Waals surface area contributed by atoms with E-state index in [9.17, 15) is 4.79 Å². The van der Waals surface area contributed by atoms with E-state index in [-0.39, 0.29) is 5.91 Å². The van der Waals surface area contributed by atoms with E-state index in [1.54, 1.807) is 0 Å². The van der Waals surface area contributed by atoms with Crippen molar-refractivity contribution in [1.29, 1.82) is 0 Å². The number of hydrogen-bond acceptors (Lipinski definition) is 2. The maximum absolute atomic E-state index is 12.0. The number of rotatable bonds is 4. The highest BCUT2D eigenvalue weighted by atomic mass is 32.1. The van der Waals surface area contributed by atoms with Crippen LogP contribution in [0.5, 0.6) is 0 Å². The number of para-hydroxylation sites is 1. The minimum absolute atomic E-state index is 0.115. The van der Waals surface area contributed by atoms with Crippen LogP contribution in [0.2, 0.25) is 0 Å². The molecule has 2 rings (SSSR count). The van der Waals surface area contributed by atoms with Crippen LogP contribution in [-0.2, 0) is 17.6 Å². The molecule has 0 aromatic heterocycles. The van der Waals surface area contributed by atoms with Crippen molar-refractivity contribution in [1.82, 2.24) is 5.32 Å². The fourth-order valence-electron chi connectivity index (χ4n) is 2.30. The molecule has 114 valence electrons. The van der Waals surface area contributed by atoms with E-state index in [2.05, 4.69) is 23.6 Å². The van der Waals surface area contributed by atoms with Gasteiger partial charge in [-0.2, -0.15) is 0 Å². The van der Waals surface area contributed by atoms with Crippen molar-refractivity contribution in [2.45, 2.75) is 26.7 Å². The van der Waals surface area contributed by atoms with Gasteiger partial charge in [0.15, 0.2) is 5.11 Å². The van der Waals surface area contributed by atoms with Gasteiger partial charge < -0.3 is 10.6 Å². The zero-order valence-electron chi connectivity index (χ0n) is 12.8. The first kappa shape index (κ1) is 16.2. The summed E-state index contributed by atoms with van der Waals surface area (Å²) in [5.74, 6) is -0.115. The lowest BCUT2D eigenvalue weighted by Crippen LogP contribution is -2.35. The molecule has 0 aliphatic carbocycles. The quantitative estimate of drug-likeness (QED) is 0.847. The second-order valence-corrected chi connectivity index (χ2v) is 5.54. The smallest absolute Gasteiger partial charge is 0.230 e. The molecule has 4 heteroatoms. The largest absolute Gasteiger partial charge is 0.332 e. The topological polar surface area (TPSA) is 41.1 Å². The van der Waals surface area contributed by atoms with Gasteiger partial charge in [-0.15, -0.1) is 0 Å². The van der Waals surface area contributed by atoms with Crippen LogP contribution in [0.3, 0.4) is 0 Å². The number of hydrogen-bond donors (Lipinski definition) is 2. The van der Waals surface area contributed by atoms with Gasteiger partial charge in [0.2, 0.25) is 5.91 Å². The van der Waals surface area contributed by atoms with Crippen molar-refractivity contribution in [3.05, 3.63) is 65.2 Å². The van der Waals surface area contributed by atoms with Crippen LogP contribution < -0.4 is 10.6 Å². The predicted octanol–water partition coefficient (Wildman–Crippen LogP) is 3.61. The first-order valence-electron chi connectivity index (χ1n) is 7.33. The van der Waals surface area contributed by atoms with Gasteiger partial charge in [0, 0.05) is 5.69 Å². The van der Waals surface area contributed by atoms with E-state index in [4.69, 9.17) is 12.2 Å². The SMILES string of the molecule is CCc1cccc(C)c1NC(=S)NC(=O)Cc1ccccc1. The van der Waals surface area contributed by atoms with Crippen LogP contribution in [-0.4, -0.2) is 11.0 Å². The molecule has 0 radical (unpaired) electrons. The number of amides is 1. The van der Waals surface area contributed by atoms with Gasteiger partial charge >= 0.3 is 0 Å². The van der Waals surface area contributed by atoms with E-state index in [0.717, 1.165) is 23.2 Å². The van der Waals surface area contributed by atoms with Crippen LogP contribution in [0.25, 0.3) is 0 Å². The van der Waals surface area contributed by atoms with Gasteiger partial charge in [-0.1, -0.05) is 55.5 Å². The van der Waals surface area contributed by atoms with Crippen LogP contribution in [0.1, 0.15) is 23.6 Å². The Morgan fingerprint density at radius 3 is 2.50 bits per heavy atom. The van der Waals surface area contributed by atoms with Crippen molar-refractivity contribution >= 4 is 28.9 Å². The zero-order valence-corrected chi connectivity index (χ0v) is 13.7. The minimum atomic E-state index is -0.115. The average Bonchev–Trinajstić information content (AvgIpc) is 2.50. The van der Waals surface area contributed by atoms with Crippen LogP contribution >= 0.6 is 12.2 Å². The molecule has 0 aliphatic heterocycles. The molecule has 1 amide bonds. The summed E-state index contributed by atoms with van der Waals surface area (Å²) in [6.07, 6.45) is 1.22. The van der Waals surface area contributed by atoms with Gasteiger partial charge in [-0.25, -0.2) is 0 Å². The molecule has 2 aromatic carbocycles. The van der Waals surface area contributed by atoms with E-state index >= 15 is 0 Å². The van der Waals surface area contributed by atoms with E-state index in [1.807, 2.05) is 49.4 Å². The normalized spacial score (nSPS) is 10.1. The number of carbonyl (C=O) groups is 1. The highest BCUT2D eigenvalue weighted by Crippen LogP contribution is 2.20. The Morgan fingerprint density at radius 1 is 1.09 bits per heavy atom. The summed E-state index contributed by atoms with van der Waals surface area (Å²) in [4.78, 5) is 12.0. The Kier molecular flexibility index (Phi) is 5.67. The molecular formula is C18H20N2OS. The molecular weight excluding hydrogens is 292 g/mol. The summed E-state index contributed by atoms with van der Waals surface area (Å²) >= 11 is 5.25. The molecule has 2 N–H and O–H groups in total. The molecule has 0 bridgehead atoms. The van der Waals surface area contributed by atoms with Gasteiger partial charge in [0.1, 0.15) is 0 Å². The molecule has 22 heavy (non-hydrogen) atoms. The van der Waals surface area contributed by atoms with Crippen LogP contribution in [0.4, 0.5) is 5.69 Å². The third kappa shape index (κ3) is 4.40. The third-order valence-electron chi connectivity index (χ3n) is 3.44. The molecule has 3 nitrogen and oxygen atoms in total. The van der Waals surface area contributed by atoms with Crippen molar-refractivity contribution < 1.29 is 4.79 Å². The summed E-state index contributed by atoms with van der Waals surface area (Å²) in [5, 5.41) is 6.22. The van der Waals surface area contributed by atoms with Gasteiger partial charge in [-0.05, 0) is 42.3 Å². The fourth-order valence-corrected chi connectivity index (χ4v) is 2.51. The van der Waals surface area contributed by atoms with Crippen molar-refractivity contribution in [2.75, 3.05) is 5.32 Å². The molecule has 0 unspecified atom stereocenters.